The minimum absolute atomic E-state index is 0.0211. The van der Waals surface area contributed by atoms with Gasteiger partial charge in [0.25, 0.3) is 5.56 Å². The third-order valence-corrected chi connectivity index (χ3v) is 6.87. The summed E-state index contributed by atoms with van der Waals surface area (Å²) in [4.78, 5) is 18.4. The smallest absolute Gasteiger partial charge is 0.268 e. The van der Waals surface area contributed by atoms with Gasteiger partial charge < -0.3 is 0 Å². The lowest BCUT2D eigenvalue weighted by molar-refractivity contribution is -0.137. The lowest BCUT2D eigenvalue weighted by Gasteiger charge is -2.18. The van der Waals surface area contributed by atoms with E-state index in [1.165, 1.54) is 40.2 Å². The fourth-order valence-electron chi connectivity index (χ4n) is 3.17. The summed E-state index contributed by atoms with van der Waals surface area (Å²) < 4.78 is 41.0. The molecule has 3 aromatic rings. The molecule has 4 rings (SSSR count). The van der Waals surface area contributed by atoms with Gasteiger partial charge in [-0.25, -0.2) is 4.98 Å². The minimum Gasteiger partial charge on any atom is -0.268 e. The first-order valence-corrected chi connectivity index (χ1v) is 10.9. The maximum absolute atomic E-state index is 13.2. The predicted molar refractivity (Wildman–Crippen MR) is 110 cm³/mol. The van der Waals surface area contributed by atoms with E-state index in [0.717, 1.165) is 29.1 Å². The van der Waals surface area contributed by atoms with E-state index in [1.54, 1.807) is 0 Å². The van der Waals surface area contributed by atoms with Crippen LogP contribution in [-0.4, -0.2) is 15.3 Å². The standard InChI is InChI=1S/C21H17F3N2OS2/c1-13(14-6-3-2-4-7-14)29-20-25-17-10-11-28-18(17)19(27)26(20)16-9-5-8-15(12-16)21(22,23)24/h2-9,12-13H,10-11H2,1H3. The molecule has 0 spiro atoms. The molecule has 0 amide bonds. The first-order chi connectivity index (χ1) is 13.8. The van der Waals surface area contributed by atoms with Crippen molar-refractivity contribution in [3.05, 3.63) is 81.8 Å². The van der Waals surface area contributed by atoms with Gasteiger partial charge in [-0.2, -0.15) is 13.2 Å². The van der Waals surface area contributed by atoms with Crippen LogP contribution in [0.3, 0.4) is 0 Å². The first-order valence-electron chi connectivity index (χ1n) is 9.02. The van der Waals surface area contributed by atoms with Crippen LogP contribution in [0, 0.1) is 0 Å². The molecule has 0 bridgehead atoms. The summed E-state index contributed by atoms with van der Waals surface area (Å²) in [5, 5.41) is 0.388. The molecule has 1 atom stereocenters. The first kappa shape index (κ1) is 20.1. The molecule has 1 aromatic heterocycles. The van der Waals surface area contributed by atoms with Crippen molar-refractivity contribution in [2.45, 2.75) is 34.8 Å². The van der Waals surface area contributed by atoms with Crippen LogP contribution in [0.4, 0.5) is 13.2 Å². The van der Waals surface area contributed by atoms with Crippen LogP contribution in [0.5, 0.6) is 0 Å². The molecule has 0 fully saturated rings. The zero-order valence-electron chi connectivity index (χ0n) is 15.4. The summed E-state index contributed by atoms with van der Waals surface area (Å²) in [7, 11) is 0. The van der Waals surface area contributed by atoms with E-state index in [1.807, 2.05) is 37.3 Å². The van der Waals surface area contributed by atoms with Gasteiger partial charge in [-0.15, -0.1) is 11.8 Å². The van der Waals surface area contributed by atoms with Crippen LogP contribution in [0.25, 0.3) is 5.69 Å². The quantitative estimate of drug-likeness (QED) is 0.387. The van der Waals surface area contributed by atoms with E-state index in [2.05, 4.69) is 4.98 Å². The number of thioether (sulfide) groups is 2. The maximum Gasteiger partial charge on any atom is 0.416 e. The van der Waals surface area contributed by atoms with Crippen molar-refractivity contribution >= 4 is 23.5 Å². The average molecular weight is 435 g/mol. The molecule has 0 saturated heterocycles. The average Bonchev–Trinajstić information content (AvgIpc) is 3.17. The predicted octanol–water partition coefficient (Wildman–Crippen LogP) is 5.75. The van der Waals surface area contributed by atoms with E-state index in [-0.39, 0.29) is 16.5 Å². The molecule has 1 aliphatic heterocycles. The third kappa shape index (κ3) is 4.09. The second-order valence-corrected chi connectivity index (χ2v) is 9.04. The van der Waals surface area contributed by atoms with Crippen molar-refractivity contribution in [3.8, 4) is 5.69 Å². The monoisotopic (exact) mass is 434 g/mol. The van der Waals surface area contributed by atoms with Crippen molar-refractivity contribution in [1.29, 1.82) is 0 Å². The van der Waals surface area contributed by atoms with Crippen LogP contribution in [-0.2, 0) is 12.6 Å². The zero-order chi connectivity index (χ0) is 20.6. The molecule has 0 radical (unpaired) electrons. The Hall–Kier alpha value is -2.19. The number of benzene rings is 2. The van der Waals surface area contributed by atoms with Gasteiger partial charge in [-0.3, -0.25) is 9.36 Å². The summed E-state index contributed by atoms with van der Waals surface area (Å²) in [6, 6.07) is 14.6. The van der Waals surface area contributed by atoms with E-state index in [4.69, 9.17) is 0 Å². The fraction of sp³-hybridized carbons (Fsp3) is 0.238. The van der Waals surface area contributed by atoms with Crippen molar-refractivity contribution in [3.63, 3.8) is 0 Å². The fourth-order valence-corrected chi connectivity index (χ4v) is 5.27. The van der Waals surface area contributed by atoms with Crippen molar-refractivity contribution in [2.24, 2.45) is 0 Å². The van der Waals surface area contributed by atoms with Gasteiger partial charge in [-0.1, -0.05) is 48.2 Å². The van der Waals surface area contributed by atoms with Crippen LogP contribution in [0.1, 0.15) is 29.0 Å². The second-order valence-electron chi connectivity index (χ2n) is 6.63. The normalized spacial score (nSPS) is 14.6. The summed E-state index contributed by atoms with van der Waals surface area (Å²) in [6.07, 6.45) is -3.80. The number of aryl methyl sites for hydroxylation is 1. The van der Waals surface area contributed by atoms with Crippen LogP contribution >= 0.6 is 23.5 Å². The maximum atomic E-state index is 13.2. The van der Waals surface area contributed by atoms with Gasteiger partial charge in [0, 0.05) is 17.4 Å². The topological polar surface area (TPSA) is 34.9 Å². The van der Waals surface area contributed by atoms with Crippen molar-refractivity contribution < 1.29 is 13.2 Å². The molecule has 29 heavy (non-hydrogen) atoms. The number of hydrogen-bond acceptors (Lipinski definition) is 4. The Kier molecular flexibility index (Phi) is 5.48. The van der Waals surface area contributed by atoms with Gasteiger partial charge in [0.05, 0.1) is 21.8 Å². The molecule has 3 nitrogen and oxygen atoms in total. The molecule has 1 aliphatic rings. The number of rotatable bonds is 4. The highest BCUT2D eigenvalue weighted by atomic mass is 32.2. The van der Waals surface area contributed by atoms with E-state index >= 15 is 0 Å². The second kappa shape index (κ2) is 7.91. The largest absolute Gasteiger partial charge is 0.416 e. The van der Waals surface area contributed by atoms with E-state index < -0.39 is 11.7 Å². The highest BCUT2D eigenvalue weighted by molar-refractivity contribution is 7.99. The molecule has 0 saturated carbocycles. The lowest BCUT2D eigenvalue weighted by atomic mass is 10.2. The Balaban J connectivity index is 1.84. The number of halogens is 3. The summed E-state index contributed by atoms with van der Waals surface area (Å²) in [6.45, 7) is 1.99. The molecular formula is C21H17F3N2OS2. The van der Waals surface area contributed by atoms with Crippen molar-refractivity contribution in [2.75, 3.05) is 5.75 Å². The van der Waals surface area contributed by atoms with Crippen LogP contribution in [0.2, 0.25) is 0 Å². The SMILES string of the molecule is CC(Sc1nc2c(c(=O)n1-c1cccc(C(F)(F)F)c1)SCC2)c1ccccc1. The molecule has 2 aromatic carbocycles. The summed E-state index contributed by atoms with van der Waals surface area (Å²) >= 11 is 2.78. The molecule has 1 unspecified atom stereocenters. The number of alkyl halides is 3. The highest BCUT2D eigenvalue weighted by Crippen LogP contribution is 2.37. The molecule has 8 heteroatoms. The van der Waals surface area contributed by atoms with Crippen LogP contribution < -0.4 is 5.56 Å². The lowest BCUT2D eigenvalue weighted by Crippen LogP contribution is -2.24. The molecule has 0 aliphatic carbocycles. The molecule has 150 valence electrons. The van der Waals surface area contributed by atoms with Gasteiger partial charge in [0.15, 0.2) is 5.16 Å². The number of aromatic nitrogens is 2. The van der Waals surface area contributed by atoms with Crippen LogP contribution in [0.15, 0.2) is 69.4 Å². The highest BCUT2D eigenvalue weighted by Gasteiger charge is 2.31. The van der Waals surface area contributed by atoms with Gasteiger partial charge in [0.2, 0.25) is 0 Å². The Labute approximate surface area is 174 Å². The Bertz CT molecular complexity index is 1100. The zero-order valence-corrected chi connectivity index (χ0v) is 17.1. The van der Waals surface area contributed by atoms with E-state index in [9.17, 15) is 18.0 Å². The molecule has 2 heterocycles. The Morgan fingerprint density at radius 3 is 2.62 bits per heavy atom. The van der Waals surface area contributed by atoms with Crippen molar-refractivity contribution in [1.82, 2.24) is 9.55 Å². The Morgan fingerprint density at radius 1 is 1.14 bits per heavy atom. The van der Waals surface area contributed by atoms with Gasteiger partial charge in [0.1, 0.15) is 0 Å². The van der Waals surface area contributed by atoms with Gasteiger partial charge >= 0.3 is 6.18 Å². The number of nitrogens with zero attached hydrogens (tertiary/aromatic N) is 2. The minimum atomic E-state index is -4.48. The summed E-state index contributed by atoms with van der Waals surface area (Å²) in [5.74, 6) is 0.753. The third-order valence-electron chi connectivity index (χ3n) is 4.65. The molecule has 0 N–H and O–H groups in total. The Morgan fingerprint density at radius 2 is 1.90 bits per heavy atom. The van der Waals surface area contributed by atoms with E-state index in [0.29, 0.717) is 16.5 Å². The van der Waals surface area contributed by atoms with Gasteiger partial charge in [-0.05, 0) is 30.7 Å². The molecular weight excluding hydrogens is 417 g/mol. The number of hydrogen-bond donors (Lipinski definition) is 0. The summed E-state index contributed by atoms with van der Waals surface area (Å²) in [5.41, 5.74) is 0.861. The number of fused-ring (bicyclic) bond motifs is 1.